The molecule has 1 aliphatic rings. The van der Waals surface area contributed by atoms with E-state index < -0.39 is 0 Å². The topological polar surface area (TPSA) is 121 Å². The van der Waals surface area contributed by atoms with Crippen molar-refractivity contribution >= 4 is 11.7 Å². The molecule has 1 fully saturated rings. The second kappa shape index (κ2) is 14.5. The number of carbonyl (C=O) groups is 1. The van der Waals surface area contributed by atoms with Crippen LogP contribution in [0.1, 0.15) is 74.0 Å². The number of carbonyl (C=O) groups excluding carboxylic acids is 1. The molecule has 0 bridgehead atoms. The molecule has 0 radical (unpaired) electrons. The minimum atomic E-state index is -0.326. The number of amides is 1. The van der Waals surface area contributed by atoms with Gasteiger partial charge in [0.2, 0.25) is 5.91 Å². The van der Waals surface area contributed by atoms with Crippen molar-refractivity contribution in [2.24, 2.45) is 18.9 Å². The normalized spacial score (nSPS) is 17.1. The largest absolute Gasteiger partial charge is 0.369 e. The van der Waals surface area contributed by atoms with Crippen molar-refractivity contribution in [2.45, 2.75) is 64.3 Å². The van der Waals surface area contributed by atoms with Crippen LogP contribution in [0.3, 0.4) is 0 Å². The lowest BCUT2D eigenvalue weighted by molar-refractivity contribution is -0.124. The van der Waals surface area contributed by atoms with E-state index in [0.717, 1.165) is 79.7 Å². The molecule has 0 saturated heterocycles. The predicted octanol–water partition coefficient (Wildman–Crippen LogP) is 5.80. The van der Waals surface area contributed by atoms with Crippen LogP contribution in [0.15, 0.2) is 67.3 Å². The Hall–Kier alpha value is -4.58. The van der Waals surface area contributed by atoms with Gasteiger partial charge in [0.25, 0.3) is 0 Å². The number of nitrogens with zero attached hydrogens (tertiary/aromatic N) is 6. The number of benzene rings is 1. The van der Waals surface area contributed by atoms with E-state index >= 15 is 0 Å². The summed E-state index contributed by atoms with van der Waals surface area (Å²) < 4.78 is 1.77. The van der Waals surface area contributed by atoms with E-state index in [1.807, 2.05) is 68.1 Å². The zero-order valence-electron chi connectivity index (χ0n) is 25.0. The Balaban J connectivity index is 1.27. The van der Waals surface area contributed by atoms with Crippen LogP contribution >= 0.6 is 0 Å². The fourth-order valence-electron chi connectivity index (χ4n) is 5.92. The fraction of sp³-hybridized carbons (Fsp3) is 0.412. The van der Waals surface area contributed by atoms with Crippen LogP contribution in [0.2, 0.25) is 0 Å². The molecule has 1 saturated carbocycles. The van der Waals surface area contributed by atoms with E-state index in [2.05, 4.69) is 33.7 Å². The average Bonchev–Trinajstić information content (AvgIpc) is 3.48. The molecule has 3 aromatic heterocycles. The zero-order chi connectivity index (χ0) is 30.0. The lowest BCUT2D eigenvalue weighted by Gasteiger charge is -2.33. The van der Waals surface area contributed by atoms with E-state index in [4.69, 9.17) is 9.97 Å². The highest BCUT2D eigenvalue weighted by Crippen LogP contribution is 2.39. The van der Waals surface area contributed by atoms with E-state index in [0.29, 0.717) is 23.8 Å². The van der Waals surface area contributed by atoms with Crippen molar-refractivity contribution in [3.8, 4) is 17.2 Å². The van der Waals surface area contributed by atoms with Crippen LogP contribution in [0.25, 0.3) is 11.1 Å². The summed E-state index contributed by atoms with van der Waals surface area (Å²) in [5.74, 6) is 1.72. The highest BCUT2D eigenvalue weighted by molar-refractivity contribution is 5.83. The Morgan fingerprint density at radius 2 is 1.86 bits per heavy atom. The molecule has 9 heteroatoms. The van der Waals surface area contributed by atoms with Gasteiger partial charge in [-0.2, -0.15) is 10.4 Å². The number of unbranched alkanes of at least 4 members (excludes halogenated alkanes) is 1. The number of hydrogen-bond donors (Lipinski definition) is 2. The van der Waals surface area contributed by atoms with Crippen LogP contribution in [-0.4, -0.2) is 37.2 Å². The van der Waals surface area contributed by atoms with E-state index in [1.165, 1.54) is 0 Å². The van der Waals surface area contributed by atoms with Gasteiger partial charge in [0.15, 0.2) is 0 Å². The number of aromatic nitrogens is 5. The summed E-state index contributed by atoms with van der Waals surface area (Å²) in [4.78, 5) is 27.7. The molecule has 222 valence electrons. The number of aryl methyl sites for hydroxylation is 1. The van der Waals surface area contributed by atoms with Gasteiger partial charge >= 0.3 is 0 Å². The Kier molecular flexibility index (Phi) is 10.1. The highest BCUT2D eigenvalue weighted by Gasteiger charge is 2.34. The number of anilines is 1. The van der Waals surface area contributed by atoms with E-state index in [-0.39, 0.29) is 17.7 Å². The third-order valence-corrected chi connectivity index (χ3v) is 8.35. The first-order valence-corrected chi connectivity index (χ1v) is 15.3. The van der Waals surface area contributed by atoms with Crippen molar-refractivity contribution in [3.63, 3.8) is 0 Å². The molecule has 0 aliphatic heterocycles. The van der Waals surface area contributed by atoms with Gasteiger partial charge in [-0.25, -0.2) is 9.97 Å². The molecular formula is C34H40N8O. The second-order valence-electron chi connectivity index (χ2n) is 11.5. The molecule has 1 aromatic carbocycles. The van der Waals surface area contributed by atoms with Gasteiger partial charge in [-0.15, -0.1) is 0 Å². The minimum Gasteiger partial charge on any atom is -0.369 e. The summed E-state index contributed by atoms with van der Waals surface area (Å²) >= 11 is 0. The predicted molar refractivity (Wildman–Crippen MR) is 167 cm³/mol. The van der Waals surface area contributed by atoms with Gasteiger partial charge in [-0.3, -0.25) is 14.5 Å². The van der Waals surface area contributed by atoms with E-state index in [9.17, 15) is 10.1 Å². The zero-order valence-corrected chi connectivity index (χ0v) is 25.0. The average molecular weight is 577 g/mol. The summed E-state index contributed by atoms with van der Waals surface area (Å²) in [5, 5.41) is 20.2. The van der Waals surface area contributed by atoms with Gasteiger partial charge in [-0.05, 0) is 55.6 Å². The molecule has 1 atom stereocenters. The van der Waals surface area contributed by atoms with Gasteiger partial charge < -0.3 is 10.6 Å². The van der Waals surface area contributed by atoms with Gasteiger partial charge in [0.1, 0.15) is 23.3 Å². The molecule has 1 unspecified atom stereocenters. The number of rotatable bonds is 12. The van der Waals surface area contributed by atoms with Crippen LogP contribution in [-0.2, 0) is 24.8 Å². The maximum atomic E-state index is 13.7. The highest BCUT2D eigenvalue weighted by atomic mass is 16.1. The van der Waals surface area contributed by atoms with Crippen LogP contribution < -0.4 is 10.6 Å². The minimum absolute atomic E-state index is 0.0205. The van der Waals surface area contributed by atoms with Crippen molar-refractivity contribution in [1.82, 2.24) is 30.0 Å². The van der Waals surface area contributed by atoms with Crippen LogP contribution in [0.5, 0.6) is 0 Å². The molecule has 2 N–H and O–H groups in total. The summed E-state index contributed by atoms with van der Waals surface area (Å²) in [7, 11) is 1.89. The first-order chi connectivity index (χ1) is 21.0. The maximum Gasteiger partial charge on any atom is 0.229 e. The third-order valence-electron chi connectivity index (χ3n) is 8.35. The quantitative estimate of drug-likeness (QED) is 0.204. The molecule has 4 aromatic rings. The number of nitrogens with one attached hydrogen (secondary N) is 2. The molecule has 1 aliphatic carbocycles. The Morgan fingerprint density at radius 3 is 2.53 bits per heavy atom. The number of pyridine rings is 1. The van der Waals surface area contributed by atoms with Gasteiger partial charge in [-0.1, -0.05) is 49.7 Å². The molecule has 9 nitrogen and oxygen atoms in total. The van der Waals surface area contributed by atoms with Crippen molar-refractivity contribution in [1.29, 1.82) is 5.26 Å². The smallest absolute Gasteiger partial charge is 0.229 e. The fourth-order valence-corrected chi connectivity index (χ4v) is 5.92. The number of hydrogen-bond acceptors (Lipinski definition) is 7. The van der Waals surface area contributed by atoms with Gasteiger partial charge in [0.05, 0.1) is 24.0 Å². The molecule has 5 rings (SSSR count). The van der Waals surface area contributed by atoms with Gasteiger partial charge in [0, 0.05) is 50.1 Å². The van der Waals surface area contributed by atoms with Crippen molar-refractivity contribution in [3.05, 3.63) is 89.9 Å². The first kappa shape index (κ1) is 29.9. The third kappa shape index (κ3) is 7.83. The summed E-state index contributed by atoms with van der Waals surface area (Å²) in [6.45, 7) is 3.42. The molecular weight excluding hydrogens is 536 g/mol. The maximum absolute atomic E-state index is 13.7. The standard InChI is InChI=1S/C34H40N8O/c1-3-4-16-36-33-28(18-35)21-38-31(41-33)17-24-10-12-26(13-11-24)32(34(43)39-19-25-8-6-5-7-9-25)30-15-14-27(20-37-30)29-22-40-42(2)23-29/h5-9,14-15,20-24,26,32H,3-4,10-13,16-17,19H2,1-2H3,(H,39,43)(H,36,38,41). The van der Waals surface area contributed by atoms with E-state index in [1.54, 1.807) is 10.9 Å². The van der Waals surface area contributed by atoms with Crippen LogP contribution in [0.4, 0.5) is 5.82 Å². The SMILES string of the molecule is CCCCNc1nc(CC2CCC(C(C(=O)NCc3ccccc3)c3ccc(-c4cnn(C)c4)cn3)CC2)ncc1C#N. The van der Waals surface area contributed by atoms with Crippen molar-refractivity contribution < 1.29 is 4.79 Å². The van der Waals surface area contributed by atoms with Crippen molar-refractivity contribution in [2.75, 3.05) is 11.9 Å². The first-order valence-electron chi connectivity index (χ1n) is 15.3. The Morgan fingerprint density at radius 1 is 1.05 bits per heavy atom. The lowest BCUT2D eigenvalue weighted by Crippen LogP contribution is -2.35. The molecule has 0 spiro atoms. The Labute approximate surface area is 253 Å². The lowest BCUT2D eigenvalue weighted by atomic mass is 9.73. The second-order valence-corrected chi connectivity index (χ2v) is 11.5. The summed E-state index contributed by atoms with van der Waals surface area (Å²) in [6.07, 6.45) is 14.0. The molecule has 1 amide bonds. The molecule has 3 heterocycles. The monoisotopic (exact) mass is 576 g/mol. The number of nitriles is 1. The summed E-state index contributed by atoms with van der Waals surface area (Å²) in [5.41, 5.74) is 4.34. The Bertz CT molecular complexity index is 1520. The van der Waals surface area contributed by atoms with Crippen LogP contribution in [0, 0.1) is 23.2 Å². The summed E-state index contributed by atoms with van der Waals surface area (Å²) in [6, 6.07) is 16.2. The molecule has 43 heavy (non-hydrogen) atoms.